The Balaban J connectivity index is 2.54. The summed E-state index contributed by atoms with van der Waals surface area (Å²) in [5.41, 5.74) is -0.0177. The number of hydrogen-bond acceptors (Lipinski definition) is 1. The lowest BCUT2D eigenvalue weighted by Crippen LogP contribution is -2.48. The molecule has 0 aromatic rings. The van der Waals surface area contributed by atoms with E-state index in [4.69, 9.17) is 0 Å². The van der Waals surface area contributed by atoms with Gasteiger partial charge in [-0.1, -0.05) is 25.7 Å². The number of amides is 1. The van der Waals surface area contributed by atoms with Gasteiger partial charge < -0.3 is 5.32 Å². The largest absolute Gasteiger partial charge is 0.351 e. The zero-order valence-corrected chi connectivity index (χ0v) is 9.73. The summed E-state index contributed by atoms with van der Waals surface area (Å²) in [6.45, 7) is 5.92. The molecule has 0 bridgehead atoms. The smallest absolute Gasteiger partial charge is 0.217 e. The van der Waals surface area contributed by atoms with E-state index in [0.717, 1.165) is 0 Å². The van der Waals surface area contributed by atoms with Crippen LogP contribution in [-0.4, -0.2) is 11.4 Å². The van der Waals surface area contributed by atoms with Crippen molar-refractivity contribution in [1.82, 2.24) is 5.32 Å². The van der Waals surface area contributed by atoms with Crippen molar-refractivity contribution in [2.45, 2.75) is 64.8 Å². The number of hydrogen-bond donors (Lipinski definition) is 1. The summed E-state index contributed by atoms with van der Waals surface area (Å²) >= 11 is 0. The summed E-state index contributed by atoms with van der Waals surface area (Å²) in [5.74, 6) is 0.758. The van der Waals surface area contributed by atoms with Crippen molar-refractivity contribution in [3.63, 3.8) is 0 Å². The summed E-state index contributed by atoms with van der Waals surface area (Å²) in [7, 11) is 0. The van der Waals surface area contributed by atoms with Crippen molar-refractivity contribution in [3.05, 3.63) is 0 Å². The van der Waals surface area contributed by atoms with E-state index < -0.39 is 0 Å². The Kier molecular flexibility index (Phi) is 3.97. The SMILES string of the molecule is CC(=O)NC(C)(C)C1CCCCCC1. The van der Waals surface area contributed by atoms with Gasteiger partial charge in [0.2, 0.25) is 5.91 Å². The fourth-order valence-corrected chi connectivity index (χ4v) is 2.56. The second-order valence-electron chi connectivity index (χ2n) is 5.09. The van der Waals surface area contributed by atoms with Crippen LogP contribution in [0.2, 0.25) is 0 Å². The van der Waals surface area contributed by atoms with Gasteiger partial charge in [0, 0.05) is 12.5 Å². The number of carbonyl (C=O) groups excluding carboxylic acids is 1. The van der Waals surface area contributed by atoms with Crippen molar-refractivity contribution in [1.29, 1.82) is 0 Å². The number of rotatable bonds is 2. The van der Waals surface area contributed by atoms with Crippen molar-refractivity contribution in [3.8, 4) is 0 Å². The van der Waals surface area contributed by atoms with E-state index in [1.54, 1.807) is 6.92 Å². The molecule has 0 saturated heterocycles. The average molecular weight is 197 g/mol. The molecule has 82 valence electrons. The predicted molar refractivity (Wildman–Crippen MR) is 59.1 cm³/mol. The van der Waals surface area contributed by atoms with Crippen LogP contribution in [0.3, 0.4) is 0 Å². The van der Waals surface area contributed by atoms with Crippen molar-refractivity contribution in [2.75, 3.05) is 0 Å². The molecule has 0 radical (unpaired) electrons. The molecule has 2 nitrogen and oxygen atoms in total. The lowest BCUT2D eigenvalue weighted by Gasteiger charge is -2.34. The highest BCUT2D eigenvalue weighted by Gasteiger charge is 2.30. The summed E-state index contributed by atoms with van der Waals surface area (Å²) < 4.78 is 0. The molecule has 0 aromatic heterocycles. The fourth-order valence-electron chi connectivity index (χ4n) is 2.56. The molecule has 1 rings (SSSR count). The molecular formula is C12H23NO. The average Bonchev–Trinajstić information content (AvgIpc) is 2.28. The van der Waals surface area contributed by atoms with E-state index in [-0.39, 0.29) is 11.4 Å². The lowest BCUT2D eigenvalue weighted by atomic mass is 9.82. The van der Waals surface area contributed by atoms with Gasteiger partial charge >= 0.3 is 0 Å². The van der Waals surface area contributed by atoms with Crippen molar-refractivity contribution >= 4 is 5.91 Å². The Morgan fingerprint density at radius 1 is 1.14 bits per heavy atom. The third kappa shape index (κ3) is 3.32. The van der Waals surface area contributed by atoms with E-state index in [2.05, 4.69) is 19.2 Å². The molecule has 0 heterocycles. The maximum absolute atomic E-state index is 11.1. The van der Waals surface area contributed by atoms with Gasteiger partial charge in [0.1, 0.15) is 0 Å². The first kappa shape index (κ1) is 11.5. The topological polar surface area (TPSA) is 29.1 Å². The third-order valence-electron chi connectivity index (χ3n) is 3.37. The van der Waals surface area contributed by atoms with Crippen LogP contribution in [0.5, 0.6) is 0 Å². The standard InChI is InChI=1S/C12H23NO/c1-10(14)13-12(2,3)11-8-6-4-5-7-9-11/h11H,4-9H2,1-3H3,(H,13,14). The highest BCUT2D eigenvalue weighted by molar-refractivity contribution is 5.73. The molecule has 1 amide bonds. The maximum atomic E-state index is 11.1. The third-order valence-corrected chi connectivity index (χ3v) is 3.37. The second kappa shape index (κ2) is 4.81. The first-order valence-electron chi connectivity index (χ1n) is 5.81. The minimum absolute atomic E-state index is 0.0177. The Labute approximate surface area is 87.5 Å². The van der Waals surface area contributed by atoms with Gasteiger partial charge in [-0.05, 0) is 32.6 Å². The monoisotopic (exact) mass is 197 g/mol. The molecule has 1 aliphatic rings. The minimum atomic E-state index is -0.0177. The van der Waals surface area contributed by atoms with Crippen LogP contribution in [0, 0.1) is 5.92 Å². The van der Waals surface area contributed by atoms with Crippen LogP contribution in [0.1, 0.15) is 59.3 Å². The molecule has 0 aromatic carbocycles. The Bertz CT molecular complexity index is 190. The van der Waals surface area contributed by atoms with E-state index in [1.807, 2.05) is 0 Å². The highest BCUT2D eigenvalue weighted by Crippen LogP contribution is 2.31. The molecule has 1 saturated carbocycles. The van der Waals surface area contributed by atoms with Crippen molar-refractivity contribution in [2.24, 2.45) is 5.92 Å². The van der Waals surface area contributed by atoms with E-state index in [9.17, 15) is 4.79 Å². The quantitative estimate of drug-likeness (QED) is 0.678. The molecule has 0 aliphatic heterocycles. The zero-order valence-electron chi connectivity index (χ0n) is 9.73. The van der Waals surface area contributed by atoms with Crippen LogP contribution in [0.15, 0.2) is 0 Å². The Morgan fingerprint density at radius 3 is 2.07 bits per heavy atom. The van der Waals surface area contributed by atoms with Gasteiger partial charge in [-0.25, -0.2) is 0 Å². The van der Waals surface area contributed by atoms with Gasteiger partial charge in [-0.2, -0.15) is 0 Å². The van der Waals surface area contributed by atoms with Gasteiger partial charge in [0.15, 0.2) is 0 Å². The summed E-state index contributed by atoms with van der Waals surface area (Å²) in [6.07, 6.45) is 7.93. The molecule has 1 fully saturated rings. The van der Waals surface area contributed by atoms with Crippen LogP contribution >= 0.6 is 0 Å². The Morgan fingerprint density at radius 2 is 1.64 bits per heavy atom. The van der Waals surface area contributed by atoms with Gasteiger partial charge in [-0.3, -0.25) is 4.79 Å². The highest BCUT2D eigenvalue weighted by atomic mass is 16.1. The predicted octanol–water partition coefficient (Wildman–Crippen LogP) is 2.87. The zero-order chi connectivity index (χ0) is 10.6. The molecule has 0 spiro atoms. The fraction of sp³-hybridized carbons (Fsp3) is 0.917. The van der Waals surface area contributed by atoms with Gasteiger partial charge in [0.25, 0.3) is 0 Å². The van der Waals surface area contributed by atoms with Gasteiger partial charge in [0.05, 0.1) is 0 Å². The molecular weight excluding hydrogens is 174 g/mol. The Hall–Kier alpha value is -0.530. The first-order valence-corrected chi connectivity index (χ1v) is 5.81. The molecule has 1 N–H and O–H groups in total. The van der Waals surface area contributed by atoms with Crippen LogP contribution in [0.4, 0.5) is 0 Å². The van der Waals surface area contributed by atoms with Gasteiger partial charge in [-0.15, -0.1) is 0 Å². The van der Waals surface area contributed by atoms with E-state index in [1.165, 1.54) is 38.5 Å². The lowest BCUT2D eigenvalue weighted by molar-refractivity contribution is -0.121. The summed E-state index contributed by atoms with van der Waals surface area (Å²) in [6, 6.07) is 0. The molecule has 1 aliphatic carbocycles. The second-order valence-corrected chi connectivity index (χ2v) is 5.09. The molecule has 0 atom stereocenters. The molecule has 2 heteroatoms. The van der Waals surface area contributed by atoms with Crippen LogP contribution < -0.4 is 5.32 Å². The number of nitrogens with one attached hydrogen (secondary N) is 1. The summed E-state index contributed by atoms with van der Waals surface area (Å²) in [5, 5.41) is 3.08. The van der Waals surface area contributed by atoms with Crippen LogP contribution in [-0.2, 0) is 4.79 Å². The molecule has 14 heavy (non-hydrogen) atoms. The normalized spacial score (nSPS) is 20.2. The van der Waals surface area contributed by atoms with E-state index in [0.29, 0.717) is 5.92 Å². The first-order chi connectivity index (χ1) is 6.52. The van der Waals surface area contributed by atoms with Crippen LogP contribution in [0.25, 0.3) is 0 Å². The summed E-state index contributed by atoms with van der Waals surface area (Å²) in [4.78, 5) is 11.1. The number of carbonyl (C=O) groups is 1. The molecule has 0 unspecified atom stereocenters. The maximum Gasteiger partial charge on any atom is 0.217 e. The minimum Gasteiger partial charge on any atom is -0.351 e. The van der Waals surface area contributed by atoms with Crippen molar-refractivity contribution < 1.29 is 4.79 Å². The van der Waals surface area contributed by atoms with E-state index >= 15 is 0 Å².